The van der Waals surface area contributed by atoms with Gasteiger partial charge in [0.15, 0.2) is 0 Å². The maximum absolute atomic E-state index is 11.2. The van der Waals surface area contributed by atoms with Gasteiger partial charge >= 0.3 is 5.97 Å². The van der Waals surface area contributed by atoms with E-state index in [1.807, 2.05) is 42.7 Å². The summed E-state index contributed by atoms with van der Waals surface area (Å²) in [6.07, 6.45) is 2.63. The van der Waals surface area contributed by atoms with Crippen molar-refractivity contribution in [2.45, 2.75) is 34.1 Å². The first-order chi connectivity index (χ1) is 14.3. The maximum atomic E-state index is 11.2. The van der Waals surface area contributed by atoms with E-state index < -0.39 is 5.97 Å². The Labute approximate surface area is 206 Å². The number of hydrogen-bond acceptors (Lipinski definition) is 4. The van der Waals surface area contributed by atoms with Gasteiger partial charge < -0.3 is 10.0 Å². The quantitative estimate of drug-likeness (QED) is 0.302. The molecular weight excluding hydrogens is 465 g/mol. The van der Waals surface area contributed by atoms with Gasteiger partial charge in [0.1, 0.15) is 0 Å². The summed E-state index contributed by atoms with van der Waals surface area (Å²) < 4.78 is 0. The molecular formula is C24H29Cl2N3O2S. The Morgan fingerprint density at radius 1 is 1.12 bits per heavy atom. The van der Waals surface area contributed by atoms with E-state index in [0.717, 1.165) is 46.0 Å². The number of carbonyl (C=O) groups is 1. The monoisotopic (exact) mass is 493 g/mol. The summed E-state index contributed by atoms with van der Waals surface area (Å²) in [6, 6.07) is 9.69. The van der Waals surface area contributed by atoms with Crippen LogP contribution in [0, 0.1) is 20.8 Å². The fourth-order valence-corrected chi connectivity index (χ4v) is 4.01. The molecule has 0 unspecified atom stereocenters. The van der Waals surface area contributed by atoms with Crippen molar-refractivity contribution in [3.05, 3.63) is 68.5 Å². The molecule has 1 N–H and O–H groups in total. The molecule has 8 heteroatoms. The van der Waals surface area contributed by atoms with Crippen molar-refractivity contribution in [3.63, 3.8) is 0 Å². The number of hydrogen-bond donors (Lipinski definition) is 1. The highest BCUT2D eigenvalue weighted by atomic mass is 35.5. The Morgan fingerprint density at radius 2 is 1.84 bits per heavy atom. The van der Waals surface area contributed by atoms with Gasteiger partial charge in [-0.25, -0.2) is 14.8 Å². The minimum atomic E-state index is -0.905. The number of aromatic nitrogens is 1. The number of carboxylic acid groups (broad SMARTS) is 1. The molecule has 0 saturated carbocycles. The minimum absolute atomic E-state index is 0. The molecule has 172 valence electrons. The van der Waals surface area contributed by atoms with E-state index in [1.165, 1.54) is 11.1 Å². The third kappa shape index (κ3) is 6.55. The Bertz CT molecular complexity index is 1110. The zero-order valence-corrected chi connectivity index (χ0v) is 21.3. The number of aromatic carboxylic acids is 1. The first-order valence-electron chi connectivity index (χ1n) is 9.91. The highest BCUT2D eigenvalue weighted by Crippen LogP contribution is 2.28. The van der Waals surface area contributed by atoms with Gasteiger partial charge in [-0.15, -0.1) is 36.2 Å². The molecule has 3 aromatic rings. The van der Waals surface area contributed by atoms with Crippen molar-refractivity contribution < 1.29 is 9.90 Å². The average Bonchev–Trinajstić information content (AvgIpc) is 3.17. The summed E-state index contributed by atoms with van der Waals surface area (Å²) in [4.78, 5) is 22.7. The molecule has 0 aliphatic heterocycles. The molecule has 0 bridgehead atoms. The molecule has 0 spiro atoms. The smallest absolute Gasteiger partial charge is 0.335 e. The standard InChI is InChI=1S/C24H27N3O2S.2ClH/c1-6-27(5)14-25-21-11-15(2)19(10-17(21)4)12-23-26-22(13-30-23)18-7-8-20(24(28)29)16(3)9-18;;/h7-11,13-14H,6,12H2,1-5H3,(H,28,29);2*1H. The molecule has 2 aromatic carbocycles. The minimum Gasteiger partial charge on any atom is -0.478 e. The second-order valence-corrected chi connectivity index (χ2v) is 8.46. The summed E-state index contributed by atoms with van der Waals surface area (Å²) in [5.74, 6) is -0.905. The molecule has 32 heavy (non-hydrogen) atoms. The van der Waals surface area contributed by atoms with E-state index in [-0.39, 0.29) is 24.8 Å². The first-order valence-corrected chi connectivity index (χ1v) is 10.8. The van der Waals surface area contributed by atoms with Crippen LogP contribution in [0.4, 0.5) is 5.69 Å². The van der Waals surface area contributed by atoms with Crippen LogP contribution in [-0.2, 0) is 6.42 Å². The van der Waals surface area contributed by atoms with Gasteiger partial charge in [-0.2, -0.15) is 0 Å². The van der Waals surface area contributed by atoms with Crippen LogP contribution in [-0.4, -0.2) is 40.9 Å². The fourth-order valence-electron chi connectivity index (χ4n) is 3.18. The van der Waals surface area contributed by atoms with Gasteiger partial charge in [-0.1, -0.05) is 12.1 Å². The lowest BCUT2D eigenvalue weighted by atomic mass is 10.0. The number of halogens is 2. The zero-order valence-electron chi connectivity index (χ0n) is 18.9. The van der Waals surface area contributed by atoms with Gasteiger partial charge in [0, 0.05) is 31.0 Å². The lowest BCUT2D eigenvalue weighted by Crippen LogP contribution is -2.14. The predicted octanol–water partition coefficient (Wildman–Crippen LogP) is 6.48. The lowest BCUT2D eigenvalue weighted by Gasteiger charge is -2.11. The van der Waals surface area contributed by atoms with Crippen LogP contribution in [0.1, 0.15) is 44.5 Å². The van der Waals surface area contributed by atoms with Crippen LogP contribution >= 0.6 is 36.2 Å². The van der Waals surface area contributed by atoms with Gasteiger partial charge in [0.2, 0.25) is 0 Å². The van der Waals surface area contributed by atoms with Crippen molar-refractivity contribution in [3.8, 4) is 11.3 Å². The summed E-state index contributed by atoms with van der Waals surface area (Å²) >= 11 is 1.63. The molecule has 0 radical (unpaired) electrons. The van der Waals surface area contributed by atoms with Crippen LogP contribution in [0.5, 0.6) is 0 Å². The zero-order chi connectivity index (χ0) is 21.8. The summed E-state index contributed by atoms with van der Waals surface area (Å²) in [7, 11) is 2.01. The topological polar surface area (TPSA) is 65.8 Å². The molecule has 0 fully saturated rings. The van der Waals surface area contributed by atoms with Crippen LogP contribution in [0.25, 0.3) is 11.3 Å². The van der Waals surface area contributed by atoms with Crippen LogP contribution < -0.4 is 0 Å². The molecule has 1 aromatic heterocycles. The third-order valence-corrected chi connectivity index (χ3v) is 6.04. The number of benzene rings is 2. The number of thiazole rings is 1. The van der Waals surface area contributed by atoms with Crippen molar-refractivity contribution in [2.75, 3.05) is 13.6 Å². The predicted molar refractivity (Wildman–Crippen MR) is 139 cm³/mol. The van der Waals surface area contributed by atoms with E-state index in [0.29, 0.717) is 5.56 Å². The fraction of sp³-hybridized carbons (Fsp3) is 0.292. The first kappa shape index (κ1) is 27.6. The van der Waals surface area contributed by atoms with E-state index in [4.69, 9.17) is 4.98 Å². The van der Waals surface area contributed by atoms with Crippen molar-refractivity contribution in [2.24, 2.45) is 4.99 Å². The highest BCUT2D eigenvalue weighted by Gasteiger charge is 2.12. The molecule has 0 saturated heterocycles. The average molecular weight is 494 g/mol. The Hall–Kier alpha value is -2.41. The van der Waals surface area contributed by atoms with E-state index in [9.17, 15) is 9.90 Å². The van der Waals surface area contributed by atoms with E-state index >= 15 is 0 Å². The number of aliphatic imine (C=N–C) groups is 1. The van der Waals surface area contributed by atoms with Crippen LogP contribution in [0.2, 0.25) is 0 Å². The second-order valence-electron chi connectivity index (χ2n) is 7.52. The van der Waals surface area contributed by atoms with Crippen molar-refractivity contribution >= 4 is 54.1 Å². The summed E-state index contributed by atoms with van der Waals surface area (Å²) in [5.41, 5.74) is 7.47. The number of carboxylic acids is 1. The SMILES string of the molecule is CCN(C)C=Nc1cc(C)c(Cc2nc(-c3ccc(C(=O)O)c(C)c3)cs2)cc1C.Cl.Cl. The molecule has 0 amide bonds. The normalized spacial score (nSPS) is 10.5. The Kier molecular flexibility index (Phi) is 10.4. The Balaban J connectivity index is 0.00000256. The molecule has 3 rings (SSSR count). The molecule has 0 atom stereocenters. The maximum Gasteiger partial charge on any atom is 0.335 e. The summed E-state index contributed by atoms with van der Waals surface area (Å²) in [6.45, 7) is 9.03. The van der Waals surface area contributed by atoms with E-state index in [1.54, 1.807) is 17.4 Å². The molecule has 5 nitrogen and oxygen atoms in total. The van der Waals surface area contributed by atoms with Crippen LogP contribution in [0.15, 0.2) is 40.7 Å². The number of nitrogens with zero attached hydrogens (tertiary/aromatic N) is 3. The number of aryl methyl sites for hydroxylation is 3. The van der Waals surface area contributed by atoms with E-state index in [2.05, 4.69) is 37.9 Å². The molecule has 1 heterocycles. The van der Waals surface area contributed by atoms with Crippen LogP contribution in [0.3, 0.4) is 0 Å². The highest BCUT2D eigenvalue weighted by molar-refractivity contribution is 7.10. The second kappa shape index (κ2) is 12.0. The summed E-state index contributed by atoms with van der Waals surface area (Å²) in [5, 5.41) is 12.3. The Morgan fingerprint density at radius 3 is 2.47 bits per heavy atom. The molecule has 0 aliphatic rings. The van der Waals surface area contributed by atoms with Gasteiger partial charge in [-0.3, -0.25) is 0 Å². The van der Waals surface area contributed by atoms with Crippen molar-refractivity contribution in [1.82, 2.24) is 9.88 Å². The number of rotatable bonds is 7. The van der Waals surface area contributed by atoms with Crippen molar-refractivity contribution in [1.29, 1.82) is 0 Å². The van der Waals surface area contributed by atoms with Gasteiger partial charge in [-0.05, 0) is 68.1 Å². The largest absolute Gasteiger partial charge is 0.478 e. The lowest BCUT2D eigenvalue weighted by molar-refractivity contribution is 0.0696. The van der Waals surface area contributed by atoms with Gasteiger partial charge in [0.25, 0.3) is 0 Å². The molecule has 0 aliphatic carbocycles. The third-order valence-electron chi connectivity index (χ3n) is 5.19. The van der Waals surface area contributed by atoms with Gasteiger partial charge in [0.05, 0.1) is 28.3 Å².